The Morgan fingerprint density at radius 3 is 2.81 bits per heavy atom. The standard InChI is InChI=1S/C21H23N3O2/c1-3-7-23-20(26)12-18(25)11-15-4-5-19-17(10-15)13-24-21(19)16-6-8-22-14(2)9-16/h4-6,8-10H,3,7,11-13H2,1-2H3,(H,23,26). The third kappa shape index (κ3) is 4.23. The van der Waals surface area contributed by atoms with Gasteiger partial charge in [0.25, 0.3) is 0 Å². The molecular formula is C21H23N3O2. The number of carbonyl (C=O) groups excluding carboxylic acids is 2. The Labute approximate surface area is 153 Å². The molecular weight excluding hydrogens is 326 g/mol. The molecule has 1 aliphatic rings. The van der Waals surface area contributed by atoms with Crippen LogP contribution in [-0.4, -0.2) is 28.9 Å². The summed E-state index contributed by atoms with van der Waals surface area (Å²) in [5.74, 6) is -0.265. The van der Waals surface area contributed by atoms with E-state index < -0.39 is 0 Å². The largest absolute Gasteiger partial charge is 0.356 e. The molecule has 5 nitrogen and oxygen atoms in total. The minimum Gasteiger partial charge on any atom is -0.356 e. The number of carbonyl (C=O) groups is 2. The second kappa shape index (κ2) is 8.04. The number of rotatable bonds is 7. The molecule has 2 aromatic rings. The normalized spacial score (nSPS) is 12.5. The van der Waals surface area contributed by atoms with Gasteiger partial charge in [-0.3, -0.25) is 19.6 Å². The summed E-state index contributed by atoms with van der Waals surface area (Å²) in [5, 5.41) is 2.74. The van der Waals surface area contributed by atoms with Gasteiger partial charge in [-0.15, -0.1) is 0 Å². The second-order valence-corrected chi connectivity index (χ2v) is 6.58. The SMILES string of the molecule is CCCNC(=O)CC(=O)Cc1ccc2c(c1)CN=C2c1ccnc(C)c1. The number of Topliss-reactive ketones (excluding diaryl/α,β-unsaturated/α-hetero) is 1. The fraction of sp³-hybridized carbons (Fsp3) is 0.333. The van der Waals surface area contributed by atoms with Gasteiger partial charge in [-0.25, -0.2) is 0 Å². The summed E-state index contributed by atoms with van der Waals surface area (Å²) < 4.78 is 0. The van der Waals surface area contributed by atoms with Crippen LogP contribution in [0.15, 0.2) is 41.5 Å². The van der Waals surface area contributed by atoms with E-state index in [4.69, 9.17) is 0 Å². The lowest BCUT2D eigenvalue weighted by Gasteiger charge is -2.07. The van der Waals surface area contributed by atoms with Crippen molar-refractivity contribution in [2.45, 2.75) is 39.7 Å². The highest BCUT2D eigenvalue weighted by Crippen LogP contribution is 2.24. The van der Waals surface area contributed by atoms with E-state index >= 15 is 0 Å². The zero-order valence-electron chi connectivity index (χ0n) is 15.2. The van der Waals surface area contributed by atoms with Crippen LogP contribution in [0, 0.1) is 6.92 Å². The van der Waals surface area contributed by atoms with Crippen LogP contribution in [0.1, 0.15) is 47.7 Å². The van der Waals surface area contributed by atoms with E-state index in [2.05, 4.69) is 15.3 Å². The molecule has 1 aliphatic heterocycles. The molecule has 0 saturated heterocycles. The molecule has 0 spiro atoms. The Kier molecular flexibility index (Phi) is 5.56. The van der Waals surface area contributed by atoms with Gasteiger partial charge < -0.3 is 5.32 Å². The van der Waals surface area contributed by atoms with Gasteiger partial charge in [-0.2, -0.15) is 0 Å². The van der Waals surface area contributed by atoms with Crippen molar-refractivity contribution < 1.29 is 9.59 Å². The summed E-state index contributed by atoms with van der Waals surface area (Å²) in [4.78, 5) is 32.7. The van der Waals surface area contributed by atoms with E-state index in [1.165, 1.54) is 0 Å². The maximum atomic E-state index is 12.1. The quantitative estimate of drug-likeness (QED) is 0.781. The van der Waals surface area contributed by atoms with E-state index in [1.54, 1.807) is 6.20 Å². The van der Waals surface area contributed by atoms with Crippen molar-refractivity contribution in [2.75, 3.05) is 6.54 Å². The van der Waals surface area contributed by atoms with Crippen LogP contribution in [0.2, 0.25) is 0 Å². The number of nitrogens with zero attached hydrogens (tertiary/aromatic N) is 2. The van der Waals surface area contributed by atoms with Crippen LogP contribution in [0.4, 0.5) is 0 Å². The third-order valence-corrected chi connectivity index (χ3v) is 4.33. The summed E-state index contributed by atoms with van der Waals surface area (Å²) in [6.45, 7) is 5.17. The topological polar surface area (TPSA) is 71.4 Å². The van der Waals surface area contributed by atoms with Gasteiger partial charge >= 0.3 is 0 Å². The molecule has 2 heterocycles. The van der Waals surface area contributed by atoms with Crippen molar-refractivity contribution in [3.05, 3.63) is 64.5 Å². The highest BCUT2D eigenvalue weighted by Gasteiger charge is 2.19. The van der Waals surface area contributed by atoms with E-state index in [0.29, 0.717) is 13.1 Å². The van der Waals surface area contributed by atoms with Crippen molar-refractivity contribution in [3.8, 4) is 0 Å². The molecule has 3 rings (SSSR count). The van der Waals surface area contributed by atoms with Gasteiger partial charge in [-0.05, 0) is 36.6 Å². The van der Waals surface area contributed by atoms with Gasteiger partial charge in [0.05, 0.1) is 18.7 Å². The first kappa shape index (κ1) is 18.0. The monoisotopic (exact) mass is 349 g/mol. The molecule has 1 aromatic carbocycles. The van der Waals surface area contributed by atoms with E-state index in [1.807, 2.05) is 44.2 Å². The highest BCUT2D eigenvalue weighted by molar-refractivity contribution is 6.15. The second-order valence-electron chi connectivity index (χ2n) is 6.58. The Hall–Kier alpha value is -2.82. The smallest absolute Gasteiger partial charge is 0.227 e. The fourth-order valence-electron chi connectivity index (χ4n) is 3.10. The molecule has 134 valence electrons. The summed E-state index contributed by atoms with van der Waals surface area (Å²) in [5.41, 5.74) is 6.15. The molecule has 0 atom stereocenters. The zero-order chi connectivity index (χ0) is 18.5. The number of amides is 1. The maximum absolute atomic E-state index is 12.1. The Balaban J connectivity index is 1.68. The van der Waals surface area contributed by atoms with Crippen molar-refractivity contribution in [2.24, 2.45) is 4.99 Å². The number of fused-ring (bicyclic) bond motifs is 1. The number of aliphatic imine (C=N–C) groups is 1. The highest BCUT2D eigenvalue weighted by atomic mass is 16.2. The summed E-state index contributed by atoms with van der Waals surface area (Å²) in [6, 6.07) is 10.0. The van der Waals surface area contributed by atoms with Gasteiger partial charge in [0.15, 0.2) is 0 Å². The predicted octanol–water partition coefficient (Wildman–Crippen LogP) is 2.77. The lowest BCUT2D eigenvalue weighted by molar-refractivity contribution is -0.127. The van der Waals surface area contributed by atoms with Crippen molar-refractivity contribution in [1.82, 2.24) is 10.3 Å². The molecule has 0 saturated carbocycles. The van der Waals surface area contributed by atoms with Crippen LogP contribution in [0.5, 0.6) is 0 Å². The summed E-state index contributed by atoms with van der Waals surface area (Å²) >= 11 is 0. The molecule has 1 N–H and O–H groups in total. The number of hydrogen-bond donors (Lipinski definition) is 1. The summed E-state index contributed by atoms with van der Waals surface area (Å²) in [6.07, 6.45) is 2.87. The molecule has 5 heteroatoms. The molecule has 0 bridgehead atoms. The Bertz CT molecular complexity index is 871. The Morgan fingerprint density at radius 1 is 1.19 bits per heavy atom. The van der Waals surface area contributed by atoms with Crippen LogP contribution < -0.4 is 5.32 Å². The van der Waals surface area contributed by atoms with Crippen LogP contribution in [0.25, 0.3) is 0 Å². The van der Waals surface area contributed by atoms with Crippen molar-refractivity contribution in [1.29, 1.82) is 0 Å². The van der Waals surface area contributed by atoms with E-state index in [0.717, 1.165) is 40.1 Å². The molecule has 0 radical (unpaired) electrons. The summed E-state index contributed by atoms with van der Waals surface area (Å²) in [7, 11) is 0. The number of pyridine rings is 1. The van der Waals surface area contributed by atoms with Crippen LogP contribution >= 0.6 is 0 Å². The number of nitrogens with one attached hydrogen (secondary N) is 1. The molecule has 0 fully saturated rings. The van der Waals surface area contributed by atoms with Gasteiger partial charge in [0.2, 0.25) is 5.91 Å². The molecule has 1 aromatic heterocycles. The molecule has 26 heavy (non-hydrogen) atoms. The molecule has 1 amide bonds. The van der Waals surface area contributed by atoms with Crippen LogP contribution in [-0.2, 0) is 22.6 Å². The van der Waals surface area contributed by atoms with E-state index in [-0.39, 0.29) is 24.5 Å². The van der Waals surface area contributed by atoms with Crippen molar-refractivity contribution >= 4 is 17.4 Å². The van der Waals surface area contributed by atoms with Crippen LogP contribution in [0.3, 0.4) is 0 Å². The Morgan fingerprint density at radius 2 is 2.04 bits per heavy atom. The first-order valence-electron chi connectivity index (χ1n) is 8.95. The van der Waals surface area contributed by atoms with Crippen molar-refractivity contribution in [3.63, 3.8) is 0 Å². The number of aryl methyl sites for hydroxylation is 1. The number of ketones is 1. The minimum atomic E-state index is -0.198. The minimum absolute atomic E-state index is 0.0604. The zero-order valence-corrected chi connectivity index (χ0v) is 15.2. The average Bonchev–Trinajstić information content (AvgIpc) is 3.03. The lowest BCUT2D eigenvalue weighted by Crippen LogP contribution is -2.26. The number of benzene rings is 1. The number of aromatic nitrogens is 1. The van der Waals surface area contributed by atoms with E-state index in [9.17, 15) is 9.59 Å². The first-order chi connectivity index (χ1) is 12.6. The lowest BCUT2D eigenvalue weighted by atomic mass is 9.96. The van der Waals surface area contributed by atoms with Gasteiger partial charge in [0, 0.05) is 36.0 Å². The molecule has 0 unspecified atom stereocenters. The van der Waals surface area contributed by atoms with Gasteiger partial charge in [0.1, 0.15) is 5.78 Å². The predicted molar refractivity (Wildman–Crippen MR) is 101 cm³/mol. The number of hydrogen-bond acceptors (Lipinski definition) is 4. The average molecular weight is 349 g/mol. The molecule has 0 aliphatic carbocycles. The third-order valence-electron chi connectivity index (χ3n) is 4.33. The van der Waals surface area contributed by atoms with Gasteiger partial charge in [-0.1, -0.05) is 25.1 Å². The fourth-order valence-corrected chi connectivity index (χ4v) is 3.10. The first-order valence-corrected chi connectivity index (χ1v) is 8.95. The maximum Gasteiger partial charge on any atom is 0.227 e.